The van der Waals surface area contributed by atoms with Gasteiger partial charge < -0.3 is 15.5 Å². The van der Waals surface area contributed by atoms with Crippen LogP contribution in [-0.2, 0) is 11.3 Å². The molecule has 0 spiro atoms. The molecule has 1 aliphatic rings. The summed E-state index contributed by atoms with van der Waals surface area (Å²) in [6, 6.07) is 8.96. The summed E-state index contributed by atoms with van der Waals surface area (Å²) in [4.78, 5) is 13.7. The van der Waals surface area contributed by atoms with Gasteiger partial charge in [0.15, 0.2) is 0 Å². The van der Waals surface area contributed by atoms with E-state index in [2.05, 4.69) is 22.8 Å². The second kappa shape index (κ2) is 6.57. The molecule has 19 heavy (non-hydrogen) atoms. The number of carbonyl (C=O) groups excluding carboxylic acids is 1. The summed E-state index contributed by atoms with van der Waals surface area (Å²) in [5.41, 5.74) is 2.38. The third kappa shape index (κ3) is 4.24. The molecule has 0 aromatic heterocycles. The van der Waals surface area contributed by atoms with E-state index in [0.717, 1.165) is 12.2 Å². The minimum Gasteiger partial charge on any atom is -0.365 e. The van der Waals surface area contributed by atoms with Crippen LogP contribution in [0, 0.1) is 0 Å². The van der Waals surface area contributed by atoms with Crippen molar-refractivity contribution in [1.29, 1.82) is 0 Å². The first kappa shape index (κ1) is 13.9. The first-order chi connectivity index (χ1) is 9.20. The van der Waals surface area contributed by atoms with Crippen LogP contribution in [0.1, 0.15) is 25.3 Å². The fourth-order valence-corrected chi connectivity index (χ4v) is 2.13. The Hall–Kier alpha value is -1.55. The molecule has 0 atom stereocenters. The van der Waals surface area contributed by atoms with E-state index >= 15 is 0 Å². The van der Waals surface area contributed by atoms with Crippen LogP contribution in [0.4, 0.5) is 5.69 Å². The van der Waals surface area contributed by atoms with Gasteiger partial charge in [-0.05, 0) is 31.4 Å². The van der Waals surface area contributed by atoms with Crippen molar-refractivity contribution in [1.82, 2.24) is 10.6 Å². The average molecular weight is 261 g/mol. The Labute approximate surface area is 115 Å². The number of hydrogen-bond acceptors (Lipinski definition) is 3. The van der Waals surface area contributed by atoms with Crippen molar-refractivity contribution in [3.63, 3.8) is 0 Å². The van der Waals surface area contributed by atoms with Crippen molar-refractivity contribution < 1.29 is 4.79 Å². The third-order valence-corrected chi connectivity index (χ3v) is 3.32. The van der Waals surface area contributed by atoms with E-state index in [-0.39, 0.29) is 5.91 Å². The highest BCUT2D eigenvalue weighted by Gasteiger charge is 2.20. The van der Waals surface area contributed by atoms with Crippen molar-refractivity contribution in [3.05, 3.63) is 29.8 Å². The molecule has 1 aromatic carbocycles. The maximum Gasteiger partial charge on any atom is 0.239 e. The second-order valence-corrected chi connectivity index (χ2v) is 5.09. The van der Waals surface area contributed by atoms with Crippen LogP contribution >= 0.6 is 0 Å². The number of likely N-dealkylation sites (N-methyl/N-ethyl adjacent to an activating group) is 2. The lowest BCUT2D eigenvalue weighted by Crippen LogP contribution is -2.35. The molecule has 4 nitrogen and oxygen atoms in total. The molecule has 1 aromatic rings. The quantitative estimate of drug-likeness (QED) is 0.782. The van der Waals surface area contributed by atoms with Gasteiger partial charge in [-0.2, -0.15) is 0 Å². The predicted molar refractivity (Wildman–Crippen MR) is 78.3 cm³/mol. The summed E-state index contributed by atoms with van der Waals surface area (Å²) < 4.78 is 0. The molecule has 0 radical (unpaired) electrons. The van der Waals surface area contributed by atoms with Crippen LogP contribution in [0.2, 0.25) is 0 Å². The number of para-hydroxylation sites is 1. The minimum atomic E-state index is 0.0648. The van der Waals surface area contributed by atoms with Crippen LogP contribution in [0.15, 0.2) is 24.3 Å². The van der Waals surface area contributed by atoms with Gasteiger partial charge in [0.25, 0.3) is 0 Å². The van der Waals surface area contributed by atoms with Gasteiger partial charge in [0.05, 0.1) is 6.54 Å². The Balaban J connectivity index is 1.98. The molecule has 4 heteroatoms. The predicted octanol–water partition coefficient (Wildman–Crippen LogP) is 1.51. The zero-order valence-corrected chi connectivity index (χ0v) is 11.8. The standard InChI is InChI=1S/C15H23N3O/c1-3-16-15(19)11-18(2)14-7-5-4-6-12(14)10-17-13-8-9-13/h4-7,13,17H,3,8-11H2,1-2H3,(H,16,19). The largest absolute Gasteiger partial charge is 0.365 e. The highest BCUT2D eigenvalue weighted by molar-refractivity contribution is 5.81. The lowest BCUT2D eigenvalue weighted by Gasteiger charge is -2.22. The Morgan fingerprint density at radius 3 is 2.79 bits per heavy atom. The summed E-state index contributed by atoms with van der Waals surface area (Å²) in [5, 5.41) is 6.35. The Kier molecular flexibility index (Phi) is 4.80. The van der Waals surface area contributed by atoms with Crippen molar-refractivity contribution in [2.45, 2.75) is 32.4 Å². The van der Waals surface area contributed by atoms with E-state index in [4.69, 9.17) is 0 Å². The van der Waals surface area contributed by atoms with E-state index in [1.165, 1.54) is 18.4 Å². The molecule has 2 N–H and O–H groups in total. The van der Waals surface area contributed by atoms with E-state index in [1.54, 1.807) is 0 Å². The first-order valence-corrected chi connectivity index (χ1v) is 7.00. The number of carbonyl (C=O) groups is 1. The number of nitrogens with zero attached hydrogens (tertiary/aromatic N) is 1. The average Bonchev–Trinajstić information content (AvgIpc) is 3.21. The maximum atomic E-state index is 11.6. The topological polar surface area (TPSA) is 44.4 Å². The van der Waals surface area contributed by atoms with Crippen molar-refractivity contribution in [3.8, 4) is 0 Å². The van der Waals surface area contributed by atoms with Gasteiger partial charge in [-0.3, -0.25) is 4.79 Å². The molecular formula is C15H23N3O. The number of rotatable bonds is 7. The Morgan fingerprint density at radius 1 is 1.37 bits per heavy atom. The number of benzene rings is 1. The lowest BCUT2D eigenvalue weighted by molar-refractivity contribution is -0.119. The van der Waals surface area contributed by atoms with Gasteiger partial charge in [-0.15, -0.1) is 0 Å². The number of amides is 1. The molecule has 2 rings (SSSR count). The highest BCUT2D eigenvalue weighted by atomic mass is 16.2. The molecule has 0 aliphatic heterocycles. The number of anilines is 1. The molecule has 1 amide bonds. The molecule has 1 saturated carbocycles. The van der Waals surface area contributed by atoms with Crippen LogP contribution in [-0.4, -0.2) is 32.1 Å². The van der Waals surface area contributed by atoms with Crippen molar-refractivity contribution in [2.24, 2.45) is 0 Å². The Morgan fingerprint density at radius 2 is 2.11 bits per heavy atom. The van der Waals surface area contributed by atoms with E-state index < -0.39 is 0 Å². The second-order valence-electron chi connectivity index (χ2n) is 5.09. The number of hydrogen-bond donors (Lipinski definition) is 2. The Bertz CT molecular complexity index is 429. The molecule has 0 saturated heterocycles. The van der Waals surface area contributed by atoms with E-state index in [0.29, 0.717) is 19.1 Å². The molecular weight excluding hydrogens is 238 g/mol. The highest BCUT2D eigenvalue weighted by Crippen LogP contribution is 2.22. The van der Waals surface area contributed by atoms with Gasteiger partial charge in [-0.1, -0.05) is 18.2 Å². The molecule has 1 fully saturated rings. The van der Waals surface area contributed by atoms with Crippen molar-refractivity contribution in [2.75, 3.05) is 25.0 Å². The first-order valence-electron chi connectivity index (χ1n) is 7.00. The summed E-state index contributed by atoms with van der Waals surface area (Å²) in [6.45, 7) is 3.89. The van der Waals surface area contributed by atoms with Gasteiger partial charge in [0.2, 0.25) is 5.91 Å². The maximum absolute atomic E-state index is 11.6. The van der Waals surface area contributed by atoms with E-state index in [9.17, 15) is 4.79 Å². The summed E-state index contributed by atoms with van der Waals surface area (Å²) in [6.07, 6.45) is 2.58. The van der Waals surface area contributed by atoms with Crippen LogP contribution in [0.25, 0.3) is 0 Å². The monoisotopic (exact) mass is 261 g/mol. The zero-order valence-electron chi connectivity index (χ0n) is 11.8. The van der Waals surface area contributed by atoms with Gasteiger partial charge in [0.1, 0.15) is 0 Å². The fourth-order valence-electron chi connectivity index (χ4n) is 2.13. The summed E-state index contributed by atoms with van der Waals surface area (Å²) in [7, 11) is 1.96. The number of nitrogens with one attached hydrogen (secondary N) is 2. The lowest BCUT2D eigenvalue weighted by atomic mass is 10.1. The zero-order chi connectivity index (χ0) is 13.7. The van der Waals surface area contributed by atoms with Gasteiger partial charge in [0, 0.05) is 31.9 Å². The van der Waals surface area contributed by atoms with Crippen LogP contribution in [0.5, 0.6) is 0 Å². The third-order valence-electron chi connectivity index (χ3n) is 3.32. The van der Waals surface area contributed by atoms with Crippen molar-refractivity contribution >= 4 is 11.6 Å². The van der Waals surface area contributed by atoms with Crippen LogP contribution < -0.4 is 15.5 Å². The SMILES string of the molecule is CCNC(=O)CN(C)c1ccccc1CNC1CC1. The smallest absolute Gasteiger partial charge is 0.239 e. The molecule has 0 heterocycles. The molecule has 0 unspecified atom stereocenters. The van der Waals surface area contributed by atoms with Gasteiger partial charge >= 0.3 is 0 Å². The van der Waals surface area contributed by atoms with E-state index in [1.807, 2.05) is 31.0 Å². The molecule has 1 aliphatic carbocycles. The fraction of sp³-hybridized carbons (Fsp3) is 0.533. The normalized spacial score (nSPS) is 14.2. The molecule has 104 valence electrons. The molecule has 0 bridgehead atoms. The summed E-state index contributed by atoms with van der Waals surface area (Å²) in [5.74, 6) is 0.0648. The van der Waals surface area contributed by atoms with Gasteiger partial charge in [-0.25, -0.2) is 0 Å². The summed E-state index contributed by atoms with van der Waals surface area (Å²) >= 11 is 0. The minimum absolute atomic E-state index is 0.0648. The van der Waals surface area contributed by atoms with Crippen LogP contribution in [0.3, 0.4) is 0 Å².